The van der Waals surface area contributed by atoms with Crippen LogP contribution < -0.4 is 5.32 Å². The van der Waals surface area contributed by atoms with Crippen LogP contribution in [-0.2, 0) is 14.3 Å². The second-order valence-electron chi connectivity index (χ2n) is 2.02. The average Bonchev–Trinajstić information content (AvgIpc) is 2.43. The largest absolute Gasteiger partial charge is 0.468 e. The van der Waals surface area contributed by atoms with E-state index in [-0.39, 0.29) is 0 Å². The minimum Gasteiger partial charge on any atom is -0.468 e. The second-order valence-corrected chi connectivity index (χ2v) is 2.02. The molecule has 0 atom stereocenters. The Morgan fingerprint density at radius 3 is 2.55 bits per heavy atom. The number of carbonyl (C=O) groups is 2. The molecule has 0 saturated carbocycles. The molecule has 1 aliphatic heterocycles. The minimum absolute atomic E-state index is 0.343. The van der Waals surface area contributed by atoms with Crippen LogP contribution in [0.2, 0.25) is 0 Å². The van der Waals surface area contributed by atoms with Gasteiger partial charge in [-0.05, 0) is 6.92 Å². The Labute approximate surface area is 65.9 Å². The fourth-order valence-electron chi connectivity index (χ4n) is 0.612. The average molecular weight is 159 g/mol. The smallest absolute Gasteiger partial charge is 0.293 e. The molecule has 1 heterocycles. The van der Waals surface area contributed by atoms with E-state index in [9.17, 15) is 9.59 Å². The normalized spacial score (nSPS) is 15.2. The van der Waals surface area contributed by atoms with Gasteiger partial charge >= 0.3 is 0 Å². The summed E-state index contributed by atoms with van der Waals surface area (Å²) in [6, 6.07) is 0. The van der Waals surface area contributed by atoms with Crippen molar-refractivity contribution in [2.45, 2.75) is 13.3 Å². The Kier molecular flexibility index (Phi) is 6.62. The van der Waals surface area contributed by atoms with E-state index in [0.29, 0.717) is 25.4 Å². The first-order valence-electron chi connectivity index (χ1n) is 3.59. The second kappa shape index (κ2) is 7.21. The van der Waals surface area contributed by atoms with Crippen LogP contribution >= 0.6 is 0 Å². The third-order valence-corrected chi connectivity index (χ3v) is 1.14. The summed E-state index contributed by atoms with van der Waals surface area (Å²) in [5.41, 5.74) is 0. The number of ether oxygens (including phenoxy) is 1. The highest BCUT2D eigenvalue weighted by Gasteiger charge is 2.06. The van der Waals surface area contributed by atoms with Crippen molar-refractivity contribution in [3.8, 4) is 0 Å². The predicted molar refractivity (Wildman–Crippen MR) is 40.2 cm³/mol. The van der Waals surface area contributed by atoms with Crippen molar-refractivity contribution >= 4 is 12.3 Å². The fraction of sp³-hybridized carbons (Fsp3) is 0.714. The number of carbonyl (C=O) groups excluding carboxylic acids is 2. The molecule has 11 heavy (non-hydrogen) atoms. The molecule has 1 aliphatic rings. The maximum atomic E-state index is 10.2. The van der Waals surface area contributed by atoms with Gasteiger partial charge in [0.25, 0.3) is 6.47 Å². The highest BCUT2D eigenvalue weighted by molar-refractivity contribution is 5.82. The van der Waals surface area contributed by atoms with Crippen molar-refractivity contribution in [3.63, 3.8) is 0 Å². The predicted octanol–water partition coefficient (Wildman–Crippen LogP) is -0.272. The van der Waals surface area contributed by atoms with Crippen molar-refractivity contribution in [2.75, 3.05) is 19.7 Å². The maximum absolute atomic E-state index is 10.2. The summed E-state index contributed by atoms with van der Waals surface area (Å²) in [6.45, 7) is 4.15. The summed E-state index contributed by atoms with van der Waals surface area (Å²) < 4.78 is 4.15. The van der Waals surface area contributed by atoms with Gasteiger partial charge in [-0.25, -0.2) is 0 Å². The standard InChI is InChI=1S/C4H7NO.C3H6O2/c6-4-1-2-5-3-4;1-2-5-3-4/h5H,1-3H2;3H,2H2,1H3. The Balaban J connectivity index is 0.000000187. The molecule has 64 valence electrons. The summed E-state index contributed by atoms with van der Waals surface area (Å²) in [4.78, 5) is 19.4. The minimum atomic E-state index is 0.343. The first kappa shape index (κ1) is 10.1. The van der Waals surface area contributed by atoms with Crippen LogP contribution in [0.3, 0.4) is 0 Å². The van der Waals surface area contributed by atoms with Crippen LogP contribution in [0.15, 0.2) is 0 Å². The molecule has 0 spiro atoms. The topological polar surface area (TPSA) is 55.4 Å². The highest BCUT2D eigenvalue weighted by atomic mass is 16.5. The van der Waals surface area contributed by atoms with Gasteiger partial charge in [-0.15, -0.1) is 0 Å². The Morgan fingerprint density at radius 2 is 2.45 bits per heavy atom. The molecule has 1 saturated heterocycles. The van der Waals surface area contributed by atoms with Crippen molar-refractivity contribution in [1.29, 1.82) is 0 Å². The van der Waals surface area contributed by atoms with E-state index in [1.807, 2.05) is 0 Å². The molecule has 0 amide bonds. The molecule has 1 N–H and O–H groups in total. The number of Topliss-reactive ketones (excluding diaryl/α,β-unsaturated/α-hetero) is 1. The van der Waals surface area contributed by atoms with E-state index in [2.05, 4.69) is 10.1 Å². The summed E-state index contributed by atoms with van der Waals surface area (Å²) in [7, 11) is 0. The van der Waals surface area contributed by atoms with Crippen LogP contribution in [0.25, 0.3) is 0 Å². The first-order valence-corrected chi connectivity index (χ1v) is 3.59. The molecule has 0 bridgehead atoms. The van der Waals surface area contributed by atoms with Crippen molar-refractivity contribution < 1.29 is 14.3 Å². The Morgan fingerprint density at radius 1 is 1.73 bits per heavy atom. The summed E-state index contributed by atoms with van der Waals surface area (Å²) in [5.74, 6) is 0.343. The number of rotatable bonds is 2. The first-order chi connectivity index (χ1) is 5.31. The van der Waals surface area contributed by atoms with Gasteiger partial charge in [0.15, 0.2) is 0 Å². The monoisotopic (exact) mass is 159 g/mol. The van der Waals surface area contributed by atoms with Crippen LogP contribution in [0, 0.1) is 0 Å². The summed E-state index contributed by atoms with van der Waals surface area (Å²) >= 11 is 0. The maximum Gasteiger partial charge on any atom is 0.293 e. The molecule has 0 aliphatic carbocycles. The zero-order valence-electron chi connectivity index (χ0n) is 6.63. The van der Waals surface area contributed by atoms with Gasteiger partial charge in [-0.2, -0.15) is 0 Å². The van der Waals surface area contributed by atoms with Crippen molar-refractivity contribution in [3.05, 3.63) is 0 Å². The van der Waals surface area contributed by atoms with Crippen LogP contribution in [0.4, 0.5) is 0 Å². The van der Waals surface area contributed by atoms with Crippen LogP contribution in [0.1, 0.15) is 13.3 Å². The van der Waals surface area contributed by atoms with Crippen molar-refractivity contribution in [2.24, 2.45) is 0 Å². The third-order valence-electron chi connectivity index (χ3n) is 1.14. The SMILES string of the molecule is CCOC=O.O=C1CCNC1. The number of hydrogen-bond donors (Lipinski definition) is 1. The lowest BCUT2D eigenvalue weighted by atomic mass is 10.4. The van der Waals surface area contributed by atoms with Gasteiger partial charge < -0.3 is 10.1 Å². The molecule has 4 nitrogen and oxygen atoms in total. The lowest BCUT2D eigenvalue weighted by Crippen LogP contribution is -2.07. The van der Waals surface area contributed by atoms with E-state index in [1.165, 1.54) is 0 Å². The molecule has 0 aromatic rings. The zero-order chi connectivity index (χ0) is 8.53. The van der Waals surface area contributed by atoms with Gasteiger partial charge in [0, 0.05) is 13.0 Å². The molecular formula is C7H13NO3. The fourth-order valence-corrected chi connectivity index (χ4v) is 0.612. The van der Waals surface area contributed by atoms with Gasteiger partial charge in [-0.1, -0.05) is 0 Å². The molecule has 1 fully saturated rings. The zero-order valence-corrected chi connectivity index (χ0v) is 6.63. The molecule has 0 unspecified atom stereocenters. The Bertz CT molecular complexity index is 117. The Hall–Kier alpha value is -0.900. The number of hydrogen-bond acceptors (Lipinski definition) is 4. The van der Waals surface area contributed by atoms with E-state index in [0.717, 1.165) is 13.0 Å². The quantitative estimate of drug-likeness (QED) is 0.563. The number of nitrogens with one attached hydrogen (secondary N) is 1. The van der Waals surface area contributed by atoms with Crippen LogP contribution in [-0.4, -0.2) is 32.0 Å². The van der Waals surface area contributed by atoms with E-state index < -0.39 is 0 Å². The van der Waals surface area contributed by atoms with E-state index in [1.54, 1.807) is 6.92 Å². The highest BCUT2D eigenvalue weighted by Crippen LogP contribution is 1.85. The van der Waals surface area contributed by atoms with Gasteiger partial charge in [-0.3, -0.25) is 9.59 Å². The lowest BCUT2D eigenvalue weighted by Gasteiger charge is -1.79. The summed E-state index contributed by atoms with van der Waals surface area (Å²) in [6.07, 6.45) is 0.736. The summed E-state index contributed by atoms with van der Waals surface area (Å²) in [5, 5.41) is 2.92. The molecule has 0 aromatic heterocycles. The molecule has 4 heteroatoms. The van der Waals surface area contributed by atoms with Crippen molar-refractivity contribution in [1.82, 2.24) is 5.32 Å². The van der Waals surface area contributed by atoms with Gasteiger partial charge in [0.05, 0.1) is 13.2 Å². The van der Waals surface area contributed by atoms with Crippen LogP contribution in [0.5, 0.6) is 0 Å². The van der Waals surface area contributed by atoms with Gasteiger partial charge in [0.2, 0.25) is 0 Å². The number of ketones is 1. The van der Waals surface area contributed by atoms with E-state index in [4.69, 9.17) is 0 Å². The molecule has 0 aromatic carbocycles. The third kappa shape index (κ3) is 6.99. The van der Waals surface area contributed by atoms with E-state index >= 15 is 0 Å². The molecule has 1 rings (SSSR count). The molecule has 0 radical (unpaired) electrons. The lowest BCUT2D eigenvalue weighted by molar-refractivity contribution is -0.128. The van der Waals surface area contributed by atoms with Gasteiger partial charge in [0.1, 0.15) is 5.78 Å². The molecular weight excluding hydrogens is 146 g/mol.